The van der Waals surface area contributed by atoms with E-state index in [4.69, 9.17) is 9.47 Å². The first kappa shape index (κ1) is 35.3. The van der Waals surface area contributed by atoms with E-state index in [0.717, 1.165) is 50.5 Å². The van der Waals surface area contributed by atoms with Crippen LogP contribution in [0.15, 0.2) is 36.0 Å². The zero-order valence-corrected chi connectivity index (χ0v) is 27.8. The van der Waals surface area contributed by atoms with Crippen LogP contribution in [-0.4, -0.2) is 74.9 Å². The Bertz CT molecular complexity index is 1110. The van der Waals surface area contributed by atoms with Crippen LogP contribution in [0, 0.1) is 39.9 Å². The largest absolute Gasteiger partial charge is 0.481 e. The maximum Gasteiger partial charge on any atom is 0.303 e. The zero-order chi connectivity index (χ0) is 32.8. The summed E-state index contributed by atoms with van der Waals surface area (Å²) in [5, 5.41) is 49.9. The number of aliphatic carboxylic acids is 1. The van der Waals surface area contributed by atoms with Gasteiger partial charge in [-0.25, -0.2) is 0 Å². The average molecular weight is 619 g/mol. The standard InChI is InChI=1S/C36H58O8/c1-20(2)23-11-9-21(3)24(35(23,7)18-16-29(37)38)12-13-25-22(4)10-14-27-34(5,6)28(15-17-36(25,27)8)43-19-26-30(39)31(40)32(41)33(42)44-26/h9,23-28,30-33,39-42H,1,4,10-19H2,2-3,5-8H3,(H,37,38)/t23-,24-,25-,26+,27-,28-,30+,31-,32+,33+,35-,36+/m0/s1. The minimum absolute atomic E-state index is 0.0157. The third-order valence-electron chi connectivity index (χ3n) is 12.7. The molecule has 8 heteroatoms. The summed E-state index contributed by atoms with van der Waals surface area (Å²) in [6.45, 7) is 22.5. The highest BCUT2D eigenvalue weighted by Gasteiger charge is 2.57. The monoisotopic (exact) mass is 618 g/mol. The van der Waals surface area contributed by atoms with Crippen LogP contribution < -0.4 is 0 Å². The van der Waals surface area contributed by atoms with Gasteiger partial charge in [0.1, 0.15) is 24.4 Å². The highest BCUT2D eigenvalue weighted by molar-refractivity contribution is 5.66. The molecule has 12 atom stereocenters. The molecule has 3 aliphatic carbocycles. The molecule has 4 rings (SSSR count). The van der Waals surface area contributed by atoms with Crippen molar-refractivity contribution >= 4 is 5.97 Å². The fourth-order valence-corrected chi connectivity index (χ4v) is 10.1. The molecule has 0 spiro atoms. The van der Waals surface area contributed by atoms with E-state index in [1.165, 1.54) is 11.1 Å². The molecule has 0 radical (unpaired) electrons. The second kappa shape index (κ2) is 13.3. The van der Waals surface area contributed by atoms with Gasteiger partial charge in [0.05, 0.1) is 12.7 Å². The van der Waals surface area contributed by atoms with Crippen molar-refractivity contribution in [3.05, 3.63) is 36.0 Å². The van der Waals surface area contributed by atoms with E-state index >= 15 is 0 Å². The lowest BCUT2D eigenvalue weighted by Crippen LogP contribution is -2.59. The van der Waals surface area contributed by atoms with Crippen molar-refractivity contribution in [1.29, 1.82) is 0 Å². The Hall–Kier alpha value is -1.55. The molecule has 0 aromatic heterocycles. The fourth-order valence-electron chi connectivity index (χ4n) is 10.1. The second-order valence-corrected chi connectivity index (χ2v) is 15.6. The number of rotatable bonds is 10. The number of aliphatic hydroxyl groups is 4. The lowest BCUT2D eigenvalue weighted by atomic mass is 9.46. The smallest absolute Gasteiger partial charge is 0.303 e. The number of hydrogen-bond acceptors (Lipinski definition) is 7. The molecule has 0 unspecified atom stereocenters. The van der Waals surface area contributed by atoms with Crippen molar-refractivity contribution in [2.24, 2.45) is 39.9 Å². The van der Waals surface area contributed by atoms with Gasteiger partial charge in [0.25, 0.3) is 0 Å². The van der Waals surface area contributed by atoms with Crippen LogP contribution in [0.5, 0.6) is 0 Å². The van der Waals surface area contributed by atoms with Crippen molar-refractivity contribution < 1.29 is 39.8 Å². The lowest BCUT2D eigenvalue weighted by Gasteiger charge is -2.60. The third-order valence-corrected chi connectivity index (χ3v) is 12.7. The van der Waals surface area contributed by atoms with E-state index in [-0.39, 0.29) is 47.2 Å². The number of carboxylic acids is 1. The van der Waals surface area contributed by atoms with Gasteiger partial charge in [0.2, 0.25) is 0 Å². The van der Waals surface area contributed by atoms with Crippen LogP contribution in [0.4, 0.5) is 0 Å². The number of fused-ring (bicyclic) bond motifs is 1. The Kier molecular flexibility index (Phi) is 10.7. The molecule has 250 valence electrons. The summed E-state index contributed by atoms with van der Waals surface area (Å²) in [5.74, 6) is 0.525. The number of carboxylic acid groups (broad SMARTS) is 1. The molecule has 0 amide bonds. The van der Waals surface area contributed by atoms with Crippen LogP contribution in [0.2, 0.25) is 0 Å². The third kappa shape index (κ3) is 6.50. The SMILES string of the molecule is C=C(C)[C@@H]1CC=C(C)[C@H](CC[C@H]2C(=C)CC[C@H]3C(C)(C)[C@@H](OC[C@H]4O[C@@H](O)[C@H](O)[C@@H](O)[C@@H]4O)CC[C@]23C)[C@@]1(C)CCC(=O)O. The fraction of sp³-hybridized carbons (Fsp3) is 0.806. The molecular formula is C36H58O8. The number of hydrogen-bond donors (Lipinski definition) is 5. The molecule has 3 fully saturated rings. The predicted molar refractivity (Wildman–Crippen MR) is 169 cm³/mol. The molecule has 2 saturated carbocycles. The van der Waals surface area contributed by atoms with E-state index < -0.39 is 36.7 Å². The van der Waals surface area contributed by atoms with Gasteiger partial charge in [0.15, 0.2) is 6.29 Å². The van der Waals surface area contributed by atoms with E-state index in [1.807, 2.05) is 0 Å². The Morgan fingerprint density at radius 2 is 1.70 bits per heavy atom. The van der Waals surface area contributed by atoms with Crippen molar-refractivity contribution in [3.63, 3.8) is 0 Å². The van der Waals surface area contributed by atoms with Crippen molar-refractivity contribution in [2.45, 2.75) is 136 Å². The van der Waals surface area contributed by atoms with Gasteiger partial charge in [-0.1, -0.05) is 63.6 Å². The van der Waals surface area contributed by atoms with E-state index in [2.05, 4.69) is 60.8 Å². The summed E-state index contributed by atoms with van der Waals surface area (Å²) in [4.78, 5) is 11.7. The predicted octanol–water partition coefficient (Wildman–Crippen LogP) is 5.39. The normalized spacial score (nSPS) is 44.0. The number of ether oxygens (including phenoxy) is 2. The van der Waals surface area contributed by atoms with Crippen LogP contribution in [0.25, 0.3) is 0 Å². The Labute approximate surface area is 264 Å². The molecule has 0 aromatic carbocycles. The molecule has 0 aromatic rings. The number of allylic oxidation sites excluding steroid dienone is 4. The van der Waals surface area contributed by atoms with Gasteiger partial charge in [-0.05, 0) is 105 Å². The van der Waals surface area contributed by atoms with Crippen LogP contribution >= 0.6 is 0 Å². The number of aliphatic hydroxyl groups excluding tert-OH is 4. The van der Waals surface area contributed by atoms with Crippen LogP contribution in [-0.2, 0) is 14.3 Å². The van der Waals surface area contributed by atoms with Crippen LogP contribution in [0.1, 0.15) is 99.3 Å². The Morgan fingerprint density at radius 1 is 1.05 bits per heavy atom. The van der Waals surface area contributed by atoms with Gasteiger partial charge in [-0.15, -0.1) is 0 Å². The highest BCUT2D eigenvalue weighted by atomic mass is 16.6. The van der Waals surface area contributed by atoms with Crippen LogP contribution in [0.3, 0.4) is 0 Å². The van der Waals surface area contributed by atoms with Crippen molar-refractivity contribution in [2.75, 3.05) is 6.61 Å². The first-order chi connectivity index (χ1) is 20.4. The van der Waals surface area contributed by atoms with Crippen molar-refractivity contribution in [1.82, 2.24) is 0 Å². The minimum atomic E-state index is -1.57. The average Bonchev–Trinajstić information content (AvgIpc) is 2.93. The maximum absolute atomic E-state index is 11.7. The summed E-state index contributed by atoms with van der Waals surface area (Å²) < 4.78 is 11.8. The molecule has 8 nitrogen and oxygen atoms in total. The quantitative estimate of drug-likeness (QED) is 0.206. The summed E-state index contributed by atoms with van der Waals surface area (Å²) >= 11 is 0. The second-order valence-electron chi connectivity index (χ2n) is 15.6. The molecular weight excluding hydrogens is 560 g/mol. The molecule has 44 heavy (non-hydrogen) atoms. The summed E-state index contributed by atoms with van der Waals surface area (Å²) in [5.41, 5.74) is 3.52. The molecule has 1 aliphatic heterocycles. The zero-order valence-electron chi connectivity index (χ0n) is 27.8. The molecule has 1 saturated heterocycles. The van der Waals surface area contributed by atoms with Gasteiger partial charge >= 0.3 is 5.97 Å². The molecule has 0 bridgehead atoms. The van der Waals surface area contributed by atoms with Crippen molar-refractivity contribution in [3.8, 4) is 0 Å². The van der Waals surface area contributed by atoms with Gasteiger partial charge in [0, 0.05) is 6.42 Å². The molecule has 4 aliphatic rings. The minimum Gasteiger partial charge on any atom is -0.481 e. The summed E-state index contributed by atoms with van der Waals surface area (Å²) in [7, 11) is 0. The lowest BCUT2D eigenvalue weighted by molar-refractivity contribution is -0.293. The van der Waals surface area contributed by atoms with Gasteiger partial charge < -0.3 is 35.0 Å². The van der Waals surface area contributed by atoms with E-state index in [1.54, 1.807) is 0 Å². The summed E-state index contributed by atoms with van der Waals surface area (Å²) in [6, 6.07) is 0. The van der Waals surface area contributed by atoms with E-state index in [9.17, 15) is 30.3 Å². The Balaban J connectivity index is 1.50. The Morgan fingerprint density at radius 3 is 2.34 bits per heavy atom. The molecule has 5 N–H and O–H groups in total. The van der Waals surface area contributed by atoms with Gasteiger partial charge in [-0.2, -0.15) is 0 Å². The summed E-state index contributed by atoms with van der Waals surface area (Å²) in [6.07, 6.45) is 2.85. The van der Waals surface area contributed by atoms with Gasteiger partial charge in [-0.3, -0.25) is 4.79 Å². The first-order valence-corrected chi connectivity index (χ1v) is 16.7. The molecule has 1 heterocycles. The van der Waals surface area contributed by atoms with E-state index in [0.29, 0.717) is 18.3 Å². The topological polar surface area (TPSA) is 137 Å². The number of carbonyl (C=O) groups is 1. The first-order valence-electron chi connectivity index (χ1n) is 16.7. The maximum atomic E-state index is 11.7. The highest BCUT2D eigenvalue weighted by Crippen LogP contribution is 2.63.